The third-order valence-electron chi connectivity index (χ3n) is 4.59. The van der Waals surface area contributed by atoms with Gasteiger partial charge >= 0.3 is 0 Å². The molecule has 0 spiro atoms. The van der Waals surface area contributed by atoms with E-state index in [-0.39, 0.29) is 16.6 Å². The van der Waals surface area contributed by atoms with E-state index in [1.807, 2.05) is 19.9 Å². The van der Waals surface area contributed by atoms with Crippen molar-refractivity contribution >= 4 is 29.1 Å². The van der Waals surface area contributed by atoms with Gasteiger partial charge in [-0.05, 0) is 69.2 Å². The van der Waals surface area contributed by atoms with E-state index in [1.54, 1.807) is 41.1 Å². The van der Waals surface area contributed by atoms with Crippen molar-refractivity contribution in [2.24, 2.45) is 0 Å². The Morgan fingerprint density at radius 1 is 1.07 bits per heavy atom. The number of benzene rings is 1. The zero-order chi connectivity index (χ0) is 20.5. The number of carbonyl (C=O) groups is 2. The Kier molecular flexibility index (Phi) is 5.07. The standard InChI is InChI=1S/C21H20ClN5O2/c1-12-11-13(2)27(26-12)18-10-9-17(22)19(25-18)21(29)24-15-5-3-14(4-6-15)20(28)23-16-7-8-16/h3-6,9-11,16H,7-8H2,1-2H3,(H,23,28)(H,24,29). The minimum atomic E-state index is -0.437. The summed E-state index contributed by atoms with van der Waals surface area (Å²) in [4.78, 5) is 29.2. The van der Waals surface area contributed by atoms with Gasteiger partial charge < -0.3 is 10.6 Å². The van der Waals surface area contributed by atoms with Crippen LogP contribution in [0.2, 0.25) is 5.02 Å². The van der Waals surface area contributed by atoms with Crippen LogP contribution in [-0.2, 0) is 0 Å². The zero-order valence-electron chi connectivity index (χ0n) is 16.1. The third-order valence-corrected chi connectivity index (χ3v) is 4.90. The molecule has 0 atom stereocenters. The SMILES string of the molecule is Cc1cc(C)n(-c2ccc(Cl)c(C(=O)Nc3ccc(C(=O)NC4CC4)cc3)n2)n1. The molecule has 1 fully saturated rings. The topological polar surface area (TPSA) is 88.9 Å². The molecule has 0 unspecified atom stereocenters. The number of amides is 2. The second kappa shape index (κ2) is 7.67. The van der Waals surface area contributed by atoms with Crippen molar-refractivity contribution in [1.82, 2.24) is 20.1 Å². The lowest BCUT2D eigenvalue weighted by Crippen LogP contribution is -2.25. The lowest BCUT2D eigenvalue weighted by molar-refractivity contribution is 0.0950. The molecule has 3 aromatic rings. The molecule has 7 nitrogen and oxygen atoms in total. The van der Waals surface area contributed by atoms with Crippen molar-refractivity contribution in [3.63, 3.8) is 0 Å². The average molecular weight is 410 g/mol. The number of rotatable bonds is 5. The highest BCUT2D eigenvalue weighted by Gasteiger charge is 2.23. The third kappa shape index (κ3) is 4.30. The van der Waals surface area contributed by atoms with Crippen molar-refractivity contribution < 1.29 is 9.59 Å². The van der Waals surface area contributed by atoms with Gasteiger partial charge in [0.15, 0.2) is 5.82 Å². The van der Waals surface area contributed by atoms with E-state index < -0.39 is 5.91 Å². The number of nitrogens with one attached hydrogen (secondary N) is 2. The van der Waals surface area contributed by atoms with Crippen LogP contribution in [0.5, 0.6) is 0 Å². The molecule has 0 saturated heterocycles. The summed E-state index contributed by atoms with van der Waals surface area (Å²) >= 11 is 6.20. The maximum Gasteiger partial charge on any atom is 0.275 e. The molecule has 1 saturated carbocycles. The van der Waals surface area contributed by atoms with Gasteiger partial charge in [0, 0.05) is 23.0 Å². The highest BCUT2D eigenvalue weighted by molar-refractivity contribution is 6.34. The molecule has 0 bridgehead atoms. The fraction of sp³-hybridized carbons (Fsp3) is 0.238. The molecule has 1 aliphatic carbocycles. The maximum atomic E-state index is 12.7. The number of pyridine rings is 1. The second-order valence-electron chi connectivity index (χ2n) is 7.12. The predicted octanol–water partition coefficient (Wildman–Crippen LogP) is 3.68. The van der Waals surface area contributed by atoms with Crippen LogP contribution in [0.15, 0.2) is 42.5 Å². The van der Waals surface area contributed by atoms with Gasteiger partial charge in [0.25, 0.3) is 11.8 Å². The molecule has 29 heavy (non-hydrogen) atoms. The summed E-state index contributed by atoms with van der Waals surface area (Å²) < 4.78 is 1.66. The summed E-state index contributed by atoms with van der Waals surface area (Å²) in [5, 5.41) is 10.3. The Labute approximate surface area is 173 Å². The molecule has 2 heterocycles. The fourth-order valence-corrected chi connectivity index (χ4v) is 3.15. The van der Waals surface area contributed by atoms with Gasteiger partial charge in [0.1, 0.15) is 5.69 Å². The van der Waals surface area contributed by atoms with Crippen molar-refractivity contribution in [3.8, 4) is 5.82 Å². The fourth-order valence-electron chi connectivity index (χ4n) is 2.96. The monoisotopic (exact) mass is 409 g/mol. The van der Waals surface area contributed by atoms with Gasteiger partial charge in [0.2, 0.25) is 0 Å². The molecule has 8 heteroatoms. The van der Waals surface area contributed by atoms with E-state index in [4.69, 9.17) is 11.6 Å². The van der Waals surface area contributed by atoms with Crippen LogP contribution in [0.1, 0.15) is 45.1 Å². The molecule has 148 valence electrons. The van der Waals surface area contributed by atoms with Gasteiger partial charge in [-0.25, -0.2) is 9.67 Å². The summed E-state index contributed by atoms with van der Waals surface area (Å²) in [7, 11) is 0. The molecule has 0 radical (unpaired) electrons. The summed E-state index contributed by atoms with van der Waals surface area (Å²) in [5.74, 6) is -0.0292. The molecular weight excluding hydrogens is 390 g/mol. The van der Waals surface area contributed by atoms with Crippen LogP contribution >= 0.6 is 11.6 Å². The molecule has 2 amide bonds. The minimum Gasteiger partial charge on any atom is -0.349 e. The van der Waals surface area contributed by atoms with Gasteiger partial charge in [-0.15, -0.1) is 0 Å². The molecular formula is C21H20ClN5O2. The second-order valence-corrected chi connectivity index (χ2v) is 7.53. The quantitative estimate of drug-likeness (QED) is 0.672. The number of aromatic nitrogens is 3. The molecule has 2 N–H and O–H groups in total. The van der Waals surface area contributed by atoms with Crippen molar-refractivity contribution in [3.05, 3.63) is 70.1 Å². The van der Waals surface area contributed by atoms with E-state index >= 15 is 0 Å². The zero-order valence-corrected chi connectivity index (χ0v) is 16.8. The smallest absolute Gasteiger partial charge is 0.275 e. The Balaban J connectivity index is 1.51. The van der Waals surface area contributed by atoms with Gasteiger partial charge in [-0.2, -0.15) is 5.10 Å². The van der Waals surface area contributed by atoms with E-state index in [1.165, 1.54) is 0 Å². The summed E-state index contributed by atoms with van der Waals surface area (Å²) in [6, 6.07) is 12.3. The van der Waals surface area contributed by atoms with Crippen LogP contribution in [0.25, 0.3) is 5.82 Å². The van der Waals surface area contributed by atoms with Crippen LogP contribution in [0.3, 0.4) is 0 Å². The first-order chi connectivity index (χ1) is 13.9. The van der Waals surface area contributed by atoms with E-state index in [0.717, 1.165) is 24.2 Å². The molecule has 0 aliphatic heterocycles. The normalized spacial score (nSPS) is 13.2. The molecule has 2 aromatic heterocycles. The Morgan fingerprint density at radius 2 is 1.79 bits per heavy atom. The number of nitrogens with zero attached hydrogens (tertiary/aromatic N) is 3. The highest BCUT2D eigenvalue weighted by Crippen LogP contribution is 2.21. The molecule has 1 aromatic carbocycles. The number of hydrogen-bond donors (Lipinski definition) is 2. The first-order valence-electron chi connectivity index (χ1n) is 9.33. The van der Waals surface area contributed by atoms with Crippen LogP contribution in [-0.4, -0.2) is 32.6 Å². The largest absolute Gasteiger partial charge is 0.349 e. The van der Waals surface area contributed by atoms with Gasteiger partial charge in [-0.3, -0.25) is 9.59 Å². The number of hydrogen-bond acceptors (Lipinski definition) is 4. The number of aryl methyl sites for hydroxylation is 2. The predicted molar refractivity (Wildman–Crippen MR) is 111 cm³/mol. The first kappa shape index (κ1) is 19.1. The summed E-state index contributed by atoms with van der Waals surface area (Å²) in [6.45, 7) is 3.80. The average Bonchev–Trinajstić information content (AvgIpc) is 3.44. The van der Waals surface area contributed by atoms with Gasteiger partial charge in [-0.1, -0.05) is 11.6 Å². The number of carbonyl (C=O) groups excluding carboxylic acids is 2. The first-order valence-corrected chi connectivity index (χ1v) is 9.71. The maximum absolute atomic E-state index is 12.7. The van der Waals surface area contributed by atoms with E-state index in [0.29, 0.717) is 23.1 Å². The summed E-state index contributed by atoms with van der Waals surface area (Å²) in [5.41, 5.74) is 2.97. The lowest BCUT2D eigenvalue weighted by Gasteiger charge is -2.10. The van der Waals surface area contributed by atoms with Crippen molar-refractivity contribution in [2.75, 3.05) is 5.32 Å². The Hall–Kier alpha value is -3.19. The highest BCUT2D eigenvalue weighted by atomic mass is 35.5. The molecule has 1 aliphatic rings. The van der Waals surface area contributed by atoms with Crippen LogP contribution in [0.4, 0.5) is 5.69 Å². The number of halogens is 1. The Bertz CT molecular complexity index is 1090. The van der Waals surface area contributed by atoms with Crippen LogP contribution < -0.4 is 10.6 Å². The van der Waals surface area contributed by atoms with Crippen LogP contribution in [0, 0.1) is 13.8 Å². The lowest BCUT2D eigenvalue weighted by atomic mass is 10.2. The summed E-state index contributed by atoms with van der Waals surface area (Å²) in [6.07, 6.45) is 2.06. The van der Waals surface area contributed by atoms with E-state index in [2.05, 4.69) is 20.7 Å². The molecule has 4 rings (SSSR count). The van der Waals surface area contributed by atoms with Gasteiger partial charge in [0.05, 0.1) is 10.7 Å². The number of anilines is 1. The Morgan fingerprint density at radius 3 is 2.41 bits per heavy atom. The minimum absolute atomic E-state index is 0.104. The van der Waals surface area contributed by atoms with E-state index in [9.17, 15) is 9.59 Å². The van der Waals surface area contributed by atoms with Crippen molar-refractivity contribution in [2.45, 2.75) is 32.7 Å². The van der Waals surface area contributed by atoms with Crippen molar-refractivity contribution in [1.29, 1.82) is 0 Å².